The van der Waals surface area contributed by atoms with Crippen LogP contribution in [0.4, 0.5) is 15.9 Å². The molecule has 18 heavy (non-hydrogen) atoms. The van der Waals surface area contributed by atoms with Crippen molar-refractivity contribution in [3.05, 3.63) is 53.5 Å². The molecule has 0 radical (unpaired) electrons. The minimum Gasteiger partial charge on any atom is -0.397 e. The van der Waals surface area contributed by atoms with Crippen LogP contribution in [0.25, 0.3) is 0 Å². The molecule has 0 bridgehead atoms. The van der Waals surface area contributed by atoms with Gasteiger partial charge in [-0.15, -0.1) is 0 Å². The van der Waals surface area contributed by atoms with Crippen molar-refractivity contribution in [2.45, 2.75) is 13.5 Å². The van der Waals surface area contributed by atoms with Crippen LogP contribution in [-0.2, 0) is 6.54 Å². The zero-order valence-corrected chi connectivity index (χ0v) is 10.5. The predicted molar refractivity (Wildman–Crippen MR) is 71.9 cm³/mol. The molecule has 0 aliphatic heterocycles. The summed E-state index contributed by atoms with van der Waals surface area (Å²) in [5.41, 5.74) is 8.01. The highest BCUT2D eigenvalue weighted by Gasteiger charge is 2.08. The van der Waals surface area contributed by atoms with Crippen LogP contribution in [0.15, 0.2) is 36.5 Å². The quantitative estimate of drug-likeness (QED) is 0.904. The maximum atomic E-state index is 13.5. The van der Waals surface area contributed by atoms with E-state index >= 15 is 0 Å². The molecule has 94 valence electrons. The molecular weight excluding hydrogens is 229 g/mol. The van der Waals surface area contributed by atoms with E-state index in [4.69, 9.17) is 5.73 Å². The lowest BCUT2D eigenvalue weighted by Crippen LogP contribution is -2.18. The van der Waals surface area contributed by atoms with Crippen LogP contribution >= 0.6 is 0 Å². The number of rotatable bonds is 3. The fourth-order valence-electron chi connectivity index (χ4n) is 1.72. The molecule has 0 amide bonds. The van der Waals surface area contributed by atoms with Gasteiger partial charge in [-0.25, -0.2) is 9.37 Å². The zero-order valence-electron chi connectivity index (χ0n) is 10.5. The fraction of sp³-hybridized carbons (Fsp3) is 0.214. The van der Waals surface area contributed by atoms with E-state index in [0.717, 1.165) is 11.4 Å². The number of anilines is 2. The monoisotopic (exact) mass is 245 g/mol. The van der Waals surface area contributed by atoms with Crippen molar-refractivity contribution < 1.29 is 4.39 Å². The van der Waals surface area contributed by atoms with Crippen molar-refractivity contribution in [1.29, 1.82) is 0 Å². The average Bonchev–Trinajstić information content (AvgIpc) is 2.35. The Morgan fingerprint density at radius 1 is 1.33 bits per heavy atom. The molecule has 0 saturated heterocycles. The summed E-state index contributed by atoms with van der Waals surface area (Å²) in [6.07, 6.45) is 1.63. The molecule has 0 saturated carbocycles. The highest BCUT2D eigenvalue weighted by molar-refractivity contribution is 5.52. The average molecular weight is 245 g/mol. The second-order valence-electron chi connectivity index (χ2n) is 4.35. The van der Waals surface area contributed by atoms with Crippen LogP contribution in [0.3, 0.4) is 0 Å². The van der Waals surface area contributed by atoms with Gasteiger partial charge in [-0.1, -0.05) is 18.2 Å². The van der Waals surface area contributed by atoms with Crippen LogP contribution in [-0.4, -0.2) is 12.0 Å². The number of nitrogens with two attached hydrogens (primary N) is 1. The van der Waals surface area contributed by atoms with Gasteiger partial charge in [0.25, 0.3) is 0 Å². The Kier molecular flexibility index (Phi) is 3.46. The van der Waals surface area contributed by atoms with Gasteiger partial charge in [-0.2, -0.15) is 0 Å². The molecule has 2 aromatic rings. The van der Waals surface area contributed by atoms with Gasteiger partial charge in [0.1, 0.15) is 11.6 Å². The molecule has 0 aliphatic rings. The highest BCUT2D eigenvalue weighted by Crippen LogP contribution is 2.18. The molecule has 1 heterocycles. The molecule has 0 aliphatic carbocycles. The number of hydrogen-bond donors (Lipinski definition) is 1. The van der Waals surface area contributed by atoms with Crippen molar-refractivity contribution in [3.8, 4) is 0 Å². The van der Waals surface area contributed by atoms with E-state index in [0.29, 0.717) is 17.8 Å². The first-order valence-electron chi connectivity index (χ1n) is 5.74. The number of nitrogen functional groups attached to an aromatic ring is 1. The van der Waals surface area contributed by atoms with Crippen molar-refractivity contribution >= 4 is 11.5 Å². The van der Waals surface area contributed by atoms with Crippen molar-refractivity contribution in [1.82, 2.24) is 4.98 Å². The minimum atomic E-state index is -0.198. The van der Waals surface area contributed by atoms with E-state index in [1.165, 1.54) is 6.07 Å². The predicted octanol–water partition coefficient (Wildman–Crippen LogP) is 2.75. The number of nitrogens with zero attached hydrogens (tertiary/aromatic N) is 2. The van der Waals surface area contributed by atoms with Crippen LogP contribution < -0.4 is 10.6 Å². The largest absolute Gasteiger partial charge is 0.397 e. The van der Waals surface area contributed by atoms with E-state index < -0.39 is 0 Å². The maximum absolute atomic E-state index is 13.5. The van der Waals surface area contributed by atoms with Gasteiger partial charge in [0.15, 0.2) is 0 Å². The van der Waals surface area contributed by atoms with Gasteiger partial charge in [0.2, 0.25) is 0 Å². The first kappa shape index (κ1) is 12.4. The Morgan fingerprint density at radius 2 is 2.06 bits per heavy atom. The molecule has 2 rings (SSSR count). The lowest BCUT2D eigenvalue weighted by atomic mass is 10.2. The molecule has 0 atom stereocenters. The smallest absolute Gasteiger partial charge is 0.128 e. The summed E-state index contributed by atoms with van der Waals surface area (Å²) in [7, 11) is 1.88. The Morgan fingerprint density at radius 3 is 2.72 bits per heavy atom. The second kappa shape index (κ2) is 5.04. The summed E-state index contributed by atoms with van der Waals surface area (Å²) in [5, 5.41) is 0. The standard InChI is InChI=1S/C14H16FN3/c1-10-7-14(17-8-13(10)16)18(2)9-11-5-3-4-6-12(11)15/h3-8H,9,16H2,1-2H3. The summed E-state index contributed by atoms with van der Waals surface area (Å²) in [4.78, 5) is 6.14. The third-order valence-corrected chi connectivity index (χ3v) is 2.89. The highest BCUT2D eigenvalue weighted by atomic mass is 19.1. The first-order valence-corrected chi connectivity index (χ1v) is 5.74. The number of benzene rings is 1. The molecular formula is C14H16FN3. The van der Waals surface area contributed by atoms with Crippen molar-refractivity contribution in [2.24, 2.45) is 0 Å². The summed E-state index contributed by atoms with van der Waals surface area (Å²) in [6.45, 7) is 2.40. The Bertz CT molecular complexity index is 554. The second-order valence-corrected chi connectivity index (χ2v) is 4.35. The summed E-state index contributed by atoms with van der Waals surface area (Å²) in [5.74, 6) is 0.585. The lowest BCUT2D eigenvalue weighted by molar-refractivity contribution is 0.607. The fourth-order valence-corrected chi connectivity index (χ4v) is 1.72. The summed E-state index contributed by atoms with van der Waals surface area (Å²) >= 11 is 0. The number of hydrogen-bond acceptors (Lipinski definition) is 3. The van der Waals surface area contributed by atoms with Gasteiger partial charge in [-0.3, -0.25) is 0 Å². The maximum Gasteiger partial charge on any atom is 0.128 e. The Balaban J connectivity index is 2.19. The van der Waals surface area contributed by atoms with E-state index in [2.05, 4.69) is 4.98 Å². The van der Waals surface area contributed by atoms with E-state index in [1.54, 1.807) is 18.3 Å². The molecule has 4 heteroatoms. The molecule has 1 aromatic carbocycles. The lowest BCUT2D eigenvalue weighted by Gasteiger charge is -2.19. The summed E-state index contributed by atoms with van der Waals surface area (Å²) in [6, 6.07) is 8.65. The molecule has 1 aromatic heterocycles. The Labute approximate surface area is 106 Å². The van der Waals surface area contributed by atoms with Gasteiger partial charge in [0, 0.05) is 19.2 Å². The SMILES string of the molecule is Cc1cc(N(C)Cc2ccccc2F)ncc1N. The number of aryl methyl sites for hydroxylation is 1. The van der Waals surface area contributed by atoms with E-state index in [1.807, 2.05) is 31.0 Å². The molecule has 2 N–H and O–H groups in total. The molecule has 0 unspecified atom stereocenters. The summed E-state index contributed by atoms with van der Waals surface area (Å²) < 4.78 is 13.5. The van der Waals surface area contributed by atoms with Gasteiger partial charge >= 0.3 is 0 Å². The van der Waals surface area contributed by atoms with Gasteiger partial charge in [-0.05, 0) is 24.6 Å². The molecule has 3 nitrogen and oxygen atoms in total. The van der Waals surface area contributed by atoms with Gasteiger partial charge in [0.05, 0.1) is 11.9 Å². The van der Waals surface area contributed by atoms with Crippen LogP contribution in [0.5, 0.6) is 0 Å². The minimum absolute atomic E-state index is 0.198. The van der Waals surface area contributed by atoms with Crippen LogP contribution in [0.1, 0.15) is 11.1 Å². The normalized spacial score (nSPS) is 10.4. The van der Waals surface area contributed by atoms with Crippen LogP contribution in [0.2, 0.25) is 0 Å². The Hall–Kier alpha value is -2.10. The van der Waals surface area contributed by atoms with Gasteiger partial charge < -0.3 is 10.6 Å². The van der Waals surface area contributed by atoms with Crippen molar-refractivity contribution in [2.75, 3.05) is 17.7 Å². The van der Waals surface area contributed by atoms with E-state index in [-0.39, 0.29) is 5.82 Å². The number of halogens is 1. The molecule has 0 fully saturated rings. The third-order valence-electron chi connectivity index (χ3n) is 2.89. The topological polar surface area (TPSA) is 42.2 Å². The first-order chi connectivity index (χ1) is 8.58. The third kappa shape index (κ3) is 2.59. The van der Waals surface area contributed by atoms with Crippen molar-refractivity contribution in [3.63, 3.8) is 0 Å². The van der Waals surface area contributed by atoms with Crippen LogP contribution in [0, 0.1) is 12.7 Å². The number of aromatic nitrogens is 1. The zero-order chi connectivity index (χ0) is 13.1. The number of pyridine rings is 1. The molecule has 0 spiro atoms. The van der Waals surface area contributed by atoms with E-state index in [9.17, 15) is 4.39 Å².